The van der Waals surface area contributed by atoms with Crippen LogP contribution in [-0.2, 0) is 4.74 Å². The third-order valence-corrected chi connectivity index (χ3v) is 5.64. The number of morpholine rings is 1. The summed E-state index contributed by atoms with van der Waals surface area (Å²) in [4.78, 5) is 16.6. The van der Waals surface area contributed by atoms with Crippen LogP contribution in [0.4, 0.5) is 17.5 Å². The molecule has 4 rings (SSSR count). The fourth-order valence-electron chi connectivity index (χ4n) is 3.86. The van der Waals surface area contributed by atoms with Crippen LogP contribution in [0.3, 0.4) is 0 Å². The van der Waals surface area contributed by atoms with Gasteiger partial charge in [-0.05, 0) is 38.0 Å². The van der Waals surface area contributed by atoms with Crippen LogP contribution in [0.2, 0.25) is 0 Å². The van der Waals surface area contributed by atoms with Gasteiger partial charge in [-0.3, -0.25) is 0 Å². The number of aromatic nitrogens is 2. The minimum absolute atomic E-state index is 0.751. The van der Waals surface area contributed by atoms with Crippen molar-refractivity contribution in [2.75, 3.05) is 67.2 Å². The Morgan fingerprint density at radius 2 is 1.52 bits per heavy atom. The average Bonchev–Trinajstić information content (AvgIpc) is 2.70. The molecular weight excluding hydrogens is 338 g/mol. The number of ether oxygens (including phenoxy) is 1. The van der Waals surface area contributed by atoms with Crippen LogP contribution in [0.25, 0.3) is 0 Å². The highest BCUT2D eigenvalue weighted by Gasteiger charge is 2.22. The van der Waals surface area contributed by atoms with E-state index in [0.717, 1.165) is 69.9 Å². The number of aryl methyl sites for hydroxylation is 2. The molecule has 0 bridgehead atoms. The lowest BCUT2D eigenvalue weighted by molar-refractivity contribution is 0.122. The van der Waals surface area contributed by atoms with E-state index in [0.29, 0.717) is 0 Å². The molecule has 0 N–H and O–H groups in total. The van der Waals surface area contributed by atoms with E-state index in [4.69, 9.17) is 9.72 Å². The van der Waals surface area contributed by atoms with E-state index in [9.17, 15) is 0 Å². The van der Waals surface area contributed by atoms with Gasteiger partial charge in [0.1, 0.15) is 5.82 Å². The van der Waals surface area contributed by atoms with E-state index < -0.39 is 0 Å². The summed E-state index contributed by atoms with van der Waals surface area (Å²) in [5.41, 5.74) is 5.14. The van der Waals surface area contributed by atoms with Gasteiger partial charge in [-0.25, -0.2) is 4.98 Å². The standard InChI is InChI=1S/C21H29N5O/c1-16-5-4-6-19(18(16)3)24-7-9-25(10-8-24)20-15-17(2)22-21(23-20)26-11-13-27-14-12-26/h4-6,15H,7-14H2,1-3H3. The third-order valence-electron chi connectivity index (χ3n) is 5.64. The SMILES string of the molecule is Cc1cc(N2CCN(c3cccc(C)c3C)CC2)nc(N2CCOCC2)n1. The molecule has 2 aromatic rings. The zero-order valence-electron chi connectivity index (χ0n) is 16.6. The number of hydrogen-bond donors (Lipinski definition) is 0. The molecule has 1 aromatic carbocycles. The quantitative estimate of drug-likeness (QED) is 0.831. The van der Waals surface area contributed by atoms with E-state index in [-0.39, 0.29) is 0 Å². The highest BCUT2D eigenvalue weighted by atomic mass is 16.5. The van der Waals surface area contributed by atoms with Gasteiger partial charge in [0.2, 0.25) is 5.95 Å². The molecule has 0 atom stereocenters. The van der Waals surface area contributed by atoms with Gasteiger partial charge in [-0.2, -0.15) is 4.98 Å². The van der Waals surface area contributed by atoms with Gasteiger partial charge in [0, 0.05) is 56.7 Å². The molecule has 27 heavy (non-hydrogen) atoms. The molecule has 0 saturated carbocycles. The van der Waals surface area contributed by atoms with Crippen LogP contribution in [0.1, 0.15) is 16.8 Å². The molecule has 2 aliphatic rings. The van der Waals surface area contributed by atoms with Crippen molar-refractivity contribution in [2.24, 2.45) is 0 Å². The van der Waals surface area contributed by atoms with E-state index >= 15 is 0 Å². The minimum Gasteiger partial charge on any atom is -0.378 e. The number of rotatable bonds is 3. The van der Waals surface area contributed by atoms with Crippen LogP contribution in [0.15, 0.2) is 24.3 Å². The minimum atomic E-state index is 0.751. The maximum atomic E-state index is 5.46. The number of benzene rings is 1. The lowest BCUT2D eigenvalue weighted by Crippen LogP contribution is -2.47. The first-order valence-corrected chi connectivity index (χ1v) is 9.86. The molecule has 2 fully saturated rings. The summed E-state index contributed by atoms with van der Waals surface area (Å²) < 4.78 is 5.46. The predicted molar refractivity (Wildman–Crippen MR) is 110 cm³/mol. The Bertz CT molecular complexity index is 795. The summed E-state index contributed by atoms with van der Waals surface area (Å²) >= 11 is 0. The molecule has 0 radical (unpaired) electrons. The molecule has 2 saturated heterocycles. The average molecular weight is 367 g/mol. The largest absolute Gasteiger partial charge is 0.378 e. The van der Waals surface area contributed by atoms with Crippen molar-refractivity contribution in [1.29, 1.82) is 0 Å². The summed E-state index contributed by atoms with van der Waals surface area (Å²) in [6.45, 7) is 13.7. The van der Waals surface area contributed by atoms with Crippen LogP contribution < -0.4 is 14.7 Å². The normalized spacial score (nSPS) is 18.1. The summed E-state index contributed by atoms with van der Waals surface area (Å²) in [5.74, 6) is 1.88. The molecule has 0 spiro atoms. The molecule has 0 aliphatic carbocycles. The molecule has 0 unspecified atom stereocenters. The van der Waals surface area contributed by atoms with E-state index in [1.54, 1.807) is 0 Å². The number of hydrogen-bond acceptors (Lipinski definition) is 6. The first kappa shape index (κ1) is 18.0. The first-order chi connectivity index (χ1) is 13.1. The van der Waals surface area contributed by atoms with Gasteiger partial charge in [0.15, 0.2) is 0 Å². The van der Waals surface area contributed by atoms with Gasteiger partial charge in [0.25, 0.3) is 0 Å². The molecular formula is C21H29N5O. The molecule has 6 nitrogen and oxygen atoms in total. The Hall–Kier alpha value is -2.34. The van der Waals surface area contributed by atoms with Crippen LogP contribution in [0.5, 0.6) is 0 Å². The highest BCUT2D eigenvalue weighted by Crippen LogP contribution is 2.25. The van der Waals surface area contributed by atoms with Crippen molar-refractivity contribution in [3.05, 3.63) is 41.1 Å². The van der Waals surface area contributed by atoms with Crippen molar-refractivity contribution >= 4 is 17.5 Å². The molecule has 3 heterocycles. The molecule has 2 aliphatic heterocycles. The summed E-state index contributed by atoms with van der Waals surface area (Å²) in [5, 5.41) is 0. The Kier molecular flexibility index (Phi) is 5.16. The summed E-state index contributed by atoms with van der Waals surface area (Å²) in [7, 11) is 0. The second kappa shape index (κ2) is 7.72. The lowest BCUT2D eigenvalue weighted by atomic mass is 10.1. The number of anilines is 3. The van der Waals surface area contributed by atoms with Gasteiger partial charge >= 0.3 is 0 Å². The fraction of sp³-hybridized carbons (Fsp3) is 0.524. The van der Waals surface area contributed by atoms with Gasteiger partial charge in [-0.1, -0.05) is 12.1 Å². The van der Waals surface area contributed by atoms with Gasteiger partial charge in [0.05, 0.1) is 13.2 Å². The Morgan fingerprint density at radius 3 is 2.26 bits per heavy atom. The molecule has 0 amide bonds. The van der Waals surface area contributed by atoms with Gasteiger partial charge in [-0.15, -0.1) is 0 Å². The highest BCUT2D eigenvalue weighted by molar-refractivity contribution is 5.57. The van der Waals surface area contributed by atoms with Crippen molar-refractivity contribution in [3.8, 4) is 0 Å². The lowest BCUT2D eigenvalue weighted by Gasteiger charge is -2.38. The Morgan fingerprint density at radius 1 is 0.815 bits per heavy atom. The summed E-state index contributed by atoms with van der Waals surface area (Å²) in [6, 6.07) is 8.69. The Labute approximate surface area is 161 Å². The molecule has 6 heteroatoms. The second-order valence-electron chi connectivity index (χ2n) is 7.46. The summed E-state index contributed by atoms with van der Waals surface area (Å²) in [6.07, 6.45) is 0. The monoisotopic (exact) mass is 367 g/mol. The molecule has 1 aromatic heterocycles. The zero-order valence-corrected chi connectivity index (χ0v) is 16.6. The van der Waals surface area contributed by atoms with Crippen LogP contribution >= 0.6 is 0 Å². The maximum Gasteiger partial charge on any atom is 0.227 e. The van der Waals surface area contributed by atoms with Crippen molar-refractivity contribution in [3.63, 3.8) is 0 Å². The first-order valence-electron chi connectivity index (χ1n) is 9.86. The van der Waals surface area contributed by atoms with Crippen LogP contribution in [-0.4, -0.2) is 62.5 Å². The van der Waals surface area contributed by atoms with Crippen LogP contribution in [0, 0.1) is 20.8 Å². The van der Waals surface area contributed by atoms with Crippen molar-refractivity contribution in [2.45, 2.75) is 20.8 Å². The van der Waals surface area contributed by atoms with Crippen molar-refractivity contribution < 1.29 is 4.74 Å². The number of piperazine rings is 1. The topological polar surface area (TPSA) is 44.7 Å². The number of nitrogens with zero attached hydrogens (tertiary/aromatic N) is 5. The van der Waals surface area contributed by atoms with E-state index in [1.807, 2.05) is 0 Å². The second-order valence-corrected chi connectivity index (χ2v) is 7.46. The van der Waals surface area contributed by atoms with Gasteiger partial charge < -0.3 is 19.4 Å². The maximum absolute atomic E-state index is 5.46. The third kappa shape index (κ3) is 3.86. The van der Waals surface area contributed by atoms with E-state index in [1.165, 1.54) is 16.8 Å². The Balaban J connectivity index is 1.48. The van der Waals surface area contributed by atoms with E-state index in [2.05, 4.69) is 64.7 Å². The smallest absolute Gasteiger partial charge is 0.227 e. The fourth-order valence-corrected chi connectivity index (χ4v) is 3.86. The molecule has 144 valence electrons. The zero-order chi connectivity index (χ0) is 18.8. The predicted octanol–water partition coefficient (Wildman–Crippen LogP) is 2.57. The van der Waals surface area contributed by atoms with Crippen molar-refractivity contribution in [1.82, 2.24) is 9.97 Å².